The molecular weight excluding hydrogens is 512 g/mol. The van der Waals surface area contributed by atoms with Gasteiger partial charge in [0.15, 0.2) is 6.29 Å². The first-order chi connectivity index (χ1) is 19.7. The van der Waals surface area contributed by atoms with Crippen molar-refractivity contribution < 1.29 is 24.1 Å². The number of phenolic OH excluding ortho intramolecular Hbond substituents is 1. The van der Waals surface area contributed by atoms with Gasteiger partial charge in [-0.05, 0) is 57.5 Å². The Morgan fingerprint density at radius 2 is 1.10 bits per heavy atom. The summed E-state index contributed by atoms with van der Waals surface area (Å²) in [5, 5.41) is 10.5. The van der Waals surface area contributed by atoms with Crippen LogP contribution in [-0.4, -0.2) is 11.4 Å². The number of hydrogen-bond acceptors (Lipinski definition) is 5. The third-order valence-corrected chi connectivity index (χ3v) is 6.64. The molecule has 0 spiro atoms. The number of carbonyl (C=O) groups excluding carboxylic acids is 1. The van der Waals surface area contributed by atoms with Crippen molar-refractivity contribution in [1.29, 1.82) is 0 Å². The van der Waals surface area contributed by atoms with Gasteiger partial charge in [-0.15, -0.1) is 0 Å². The first-order valence-electron chi connectivity index (χ1n) is 13.5. The number of phenols is 1. The monoisotopic (exact) mass is 548 g/mol. The molecule has 0 atom stereocenters. The number of aldehydes is 1. The van der Waals surface area contributed by atoms with E-state index in [9.17, 15) is 9.90 Å². The highest BCUT2D eigenvalue weighted by Gasteiger charge is 2.22. The predicted octanol–water partition coefficient (Wildman–Crippen LogP) is 8.53. The van der Waals surface area contributed by atoms with Crippen molar-refractivity contribution in [2.75, 3.05) is 0 Å². The highest BCUT2D eigenvalue weighted by molar-refractivity contribution is 5.81. The molecular formula is C36H36O5. The molecule has 4 rings (SSSR count). The molecule has 41 heavy (non-hydrogen) atoms. The number of carbonyl (C=O) groups is 1. The second kappa shape index (κ2) is 13.1. The predicted molar refractivity (Wildman–Crippen MR) is 165 cm³/mol. The van der Waals surface area contributed by atoms with E-state index < -0.39 is 0 Å². The van der Waals surface area contributed by atoms with Gasteiger partial charge in [0, 0.05) is 11.6 Å². The maximum Gasteiger partial charge on any atom is 0.153 e. The summed E-state index contributed by atoms with van der Waals surface area (Å²) >= 11 is 0. The Kier molecular flexibility index (Phi) is 9.30. The van der Waals surface area contributed by atoms with E-state index in [2.05, 4.69) is 13.2 Å². The van der Waals surface area contributed by atoms with Crippen LogP contribution in [0.5, 0.6) is 23.0 Å². The lowest BCUT2D eigenvalue weighted by Crippen LogP contribution is -2.12. The lowest BCUT2D eigenvalue weighted by atomic mass is 9.85. The Bertz CT molecular complexity index is 1440. The van der Waals surface area contributed by atoms with Crippen LogP contribution in [0, 0.1) is 0 Å². The molecule has 0 amide bonds. The molecule has 0 aliphatic rings. The zero-order valence-electron chi connectivity index (χ0n) is 23.9. The minimum Gasteiger partial charge on any atom is -0.507 e. The summed E-state index contributed by atoms with van der Waals surface area (Å²) in [6.07, 6.45) is 4.25. The fourth-order valence-electron chi connectivity index (χ4n) is 4.25. The fraction of sp³-hybridized carbons (Fsp3) is 0.194. The van der Waals surface area contributed by atoms with Crippen molar-refractivity contribution in [1.82, 2.24) is 0 Å². The zero-order chi connectivity index (χ0) is 29.4. The third-order valence-electron chi connectivity index (χ3n) is 6.64. The van der Waals surface area contributed by atoms with Crippen molar-refractivity contribution in [2.45, 2.75) is 46.0 Å². The average Bonchev–Trinajstić information content (AvgIpc) is 2.98. The Morgan fingerprint density at radius 3 is 1.51 bits per heavy atom. The lowest BCUT2D eigenvalue weighted by molar-refractivity contribution is 0.112. The van der Waals surface area contributed by atoms with Gasteiger partial charge < -0.3 is 19.3 Å². The van der Waals surface area contributed by atoms with Crippen molar-refractivity contribution in [2.24, 2.45) is 0 Å². The minimum atomic E-state index is -0.371. The van der Waals surface area contributed by atoms with Crippen LogP contribution >= 0.6 is 0 Å². The van der Waals surface area contributed by atoms with Crippen molar-refractivity contribution >= 4 is 18.4 Å². The van der Waals surface area contributed by atoms with Gasteiger partial charge in [0.2, 0.25) is 0 Å². The van der Waals surface area contributed by atoms with Crippen LogP contribution in [0.15, 0.2) is 92.0 Å². The van der Waals surface area contributed by atoms with Crippen LogP contribution < -0.4 is 14.2 Å². The van der Waals surface area contributed by atoms with Gasteiger partial charge in [0.05, 0.1) is 5.56 Å². The topological polar surface area (TPSA) is 65.0 Å². The van der Waals surface area contributed by atoms with Gasteiger partial charge in [-0.2, -0.15) is 0 Å². The fourth-order valence-corrected chi connectivity index (χ4v) is 4.25. The van der Waals surface area contributed by atoms with Crippen molar-refractivity contribution in [3.8, 4) is 23.0 Å². The normalized spacial score (nSPS) is 11.0. The average molecular weight is 549 g/mol. The largest absolute Gasteiger partial charge is 0.507 e. The van der Waals surface area contributed by atoms with Gasteiger partial charge in [0.1, 0.15) is 42.8 Å². The first-order valence-corrected chi connectivity index (χ1v) is 13.5. The van der Waals surface area contributed by atoms with Crippen molar-refractivity contribution in [3.05, 3.63) is 131 Å². The molecule has 0 radical (unpaired) electrons. The van der Waals surface area contributed by atoms with E-state index in [0.29, 0.717) is 42.3 Å². The van der Waals surface area contributed by atoms with E-state index in [-0.39, 0.29) is 23.3 Å². The molecule has 0 aromatic heterocycles. The van der Waals surface area contributed by atoms with Crippen molar-refractivity contribution in [3.63, 3.8) is 0 Å². The van der Waals surface area contributed by atoms with E-state index in [1.54, 1.807) is 24.3 Å². The smallest absolute Gasteiger partial charge is 0.153 e. The van der Waals surface area contributed by atoms with Crippen LogP contribution in [0.25, 0.3) is 12.2 Å². The molecule has 0 saturated carbocycles. The molecule has 4 aromatic carbocycles. The Morgan fingerprint density at radius 1 is 0.659 bits per heavy atom. The van der Waals surface area contributed by atoms with Crippen LogP contribution in [0.2, 0.25) is 0 Å². The lowest BCUT2D eigenvalue weighted by Gasteiger charge is -2.22. The number of ether oxygens (including phenoxy) is 3. The summed E-state index contributed by atoms with van der Waals surface area (Å²) in [7, 11) is 0. The molecule has 5 heteroatoms. The van der Waals surface area contributed by atoms with E-state index in [4.69, 9.17) is 14.2 Å². The molecule has 0 unspecified atom stereocenters. The Hall–Kier alpha value is -4.77. The van der Waals surface area contributed by atoms with E-state index >= 15 is 0 Å². The summed E-state index contributed by atoms with van der Waals surface area (Å²) < 4.78 is 18.4. The van der Waals surface area contributed by atoms with Gasteiger partial charge in [-0.3, -0.25) is 4.79 Å². The zero-order valence-corrected chi connectivity index (χ0v) is 23.9. The third kappa shape index (κ3) is 7.89. The maximum absolute atomic E-state index is 11.6. The number of benzene rings is 4. The molecule has 0 aliphatic heterocycles. The molecule has 0 saturated heterocycles. The number of aromatic hydroxyl groups is 1. The van der Waals surface area contributed by atoms with Crippen LogP contribution in [0.1, 0.15) is 64.5 Å². The minimum absolute atomic E-state index is 0.0202. The molecule has 0 heterocycles. The summed E-state index contributed by atoms with van der Waals surface area (Å²) in [5.74, 6) is 1.76. The maximum atomic E-state index is 11.6. The first kappa shape index (κ1) is 29.2. The summed E-state index contributed by atoms with van der Waals surface area (Å²) in [6, 6.07) is 25.1. The molecule has 210 valence electrons. The molecule has 0 aliphatic carbocycles. The molecule has 4 aromatic rings. The second-order valence-electron chi connectivity index (χ2n) is 10.8. The van der Waals surface area contributed by atoms with E-state index in [1.807, 2.05) is 87.5 Å². The summed E-state index contributed by atoms with van der Waals surface area (Å²) in [6.45, 7) is 14.5. The molecule has 5 nitrogen and oxygen atoms in total. The van der Waals surface area contributed by atoms with E-state index in [0.717, 1.165) is 27.8 Å². The van der Waals surface area contributed by atoms with Gasteiger partial charge >= 0.3 is 0 Å². The SMILES string of the molecule is C=Cc1ccc(COc2cc(COc3cc(C=O)c(O)c(C(C)(C)C)c3)cc(OCc3ccc(C=C)cc3)c2)cc1. The number of rotatable bonds is 12. The van der Waals surface area contributed by atoms with Gasteiger partial charge in [-0.1, -0.05) is 94.6 Å². The molecule has 1 N–H and O–H groups in total. The Balaban J connectivity index is 1.56. The van der Waals surface area contributed by atoms with E-state index in [1.165, 1.54) is 0 Å². The molecule has 0 bridgehead atoms. The molecule has 0 fully saturated rings. The highest BCUT2D eigenvalue weighted by Crippen LogP contribution is 2.36. The van der Waals surface area contributed by atoms with Gasteiger partial charge in [-0.25, -0.2) is 0 Å². The quantitative estimate of drug-likeness (QED) is 0.180. The summed E-state index contributed by atoms with van der Waals surface area (Å²) in [4.78, 5) is 11.6. The van der Waals surface area contributed by atoms with Crippen LogP contribution in [0.3, 0.4) is 0 Å². The van der Waals surface area contributed by atoms with Gasteiger partial charge in [0.25, 0.3) is 0 Å². The summed E-state index contributed by atoms with van der Waals surface area (Å²) in [5.41, 5.74) is 5.45. The van der Waals surface area contributed by atoms with Crippen LogP contribution in [-0.2, 0) is 25.2 Å². The second-order valence-corrected chi connectivity index (χ2v) is 10.8. The van der Waals surface area contributed by atoms with Crippen LogP contribution in [0.4, 0.5) is 0 Å². The standard InChI is InChI=1S/C36H36O5/c1-6-25-8-12-27(13-9-25)22-39-31-16-29(17-32(19-31)40-23-28-14-10-26(7-2)11-15-28)24-41-33-18-30(21-37)35(38)34(20-33)36(3,4)5/h6-21,38H,1-2,22-24H2,3-5H3. The Labute approximate surface area is 242 Å². The number of hydrogen-bond donors (Lipinski definition) is 1. The highest BCUT2D eigenvalue weighted by atomic mass is 16.5.